The number of hydrogen-bond acceptors (Lipinski definition) is 3. The molecule has 1 atom stereocenters. The summed E-state index contributed by atoms with van der Waals surface area (Å²) in [5, 5.41) is 20.9. The number of aromatic hydroxyl groups is 1. The summed E-state index contributed by atoms with van der Waals surface area (Å²) in [5.74, 6) is -1.32. The number of carboxylic acid groups (broad SMARTS) is 1. The van der Waals surface area contributed by atoms with Crippen molar-refractivity contribution < 1.29 is 19.6 Å². The van der Waals surface area contributed by atoms with Gasteiger partial charge in [0.2, 0.25) is 6.04 Å². The molecule has 1 aromatic carbocycles. The van der Waals surface area contributed by atoms with Crippen LogP contribution in [0.5, 0.6) is 5.75 Å². The van der Waals surface area contributed by atoms with Gasteiger partial charge in [0.15, 0.2) is 12.4 Å². The molecule has 0 fully saturated rings. The van der Waals surface area contributed by atoms with Crippen molar-refractivity contribution in [3.05, 3.63) is 60.4 Å². The molecule has 1 aromatic heterocycles. The van der Waals surface area contributed by atoms with Crippen LogP contribution in [0.4, 0.5) is 0 Å². The van der Waals surface area contributed by atoms with Gasteiger partial charge in [-0.15, -0.1) is 0 Å². The summed E-state index contributed by atoms with van der Waals surface area (Å²) in [6.07, 6.45) is 3.24. The molecule has 0 saturated carbocycles. The Hall–Kier alpha value is -2.36. The van der Waals surface area contributed by atoms with E-state index in [4.69, 9.17) is 0 Å². The average Bonchev–Trinajstić information content (AvgIpc) is 2.33. The first-order chi connectivity index (χ1) is 8.20. The van der Waals surface area contributed by atoms with Crippen molar-refractivity contribution in [1.29, 1.82) is 0 Å². The monoisotopic (exact) mass is 229 g/mol. The van der Waals surface area contributed by atoms with Crippen LogP contribution < -0.4 is 9.67 Å². The van der Waals surface area contributed by atoms with Gasteiger partial charge in [0, 0.05) is 12.1 Å². The predicted octanol–water partition coefficient (Wildman–Crippen LogP) is 0.0190. The Balaban J connectivity index is 2.51. The van der Waals surface area contributed by atoms with E-state index in [0.29, 0.717) is 5.56 Å². The molecule has 2 aromatic rings. The smallest absolute Gasteiger partial charge is 0.226 e. The lowest BCUT2D eigenvalue weighted by Crippen LogP contribution is -2.49. The number of aromatic nitrogens is 1. The van der Waals surface area contributed by atoms with Gasteiger partial charge >= 0.3 is 0 Å². The van der Waals surface area contributed by atoms with Crippen molar-refractivity contribution in [1.82, 2.24) is 0 Å². The van der Waals surface area contributed by atoms with Gasteiger partial charge in [0.25, 0.3) is 0 Å². The van der Waals surface area contributed by atoms with E-state index in [1.54, 1.807) is 48.8 Å². The third-order valence-electron chi connectivity index (χ3n) is 2.49. The number of para-hydroxylation sites is 1. The predicted molar refractivity (Wildman–Crippen MR) is 57.9 cm³/mol. The van der Waals surface area contributed by atoms with Crippen molar-refractivity contribution in [2.24, 2.45) is 0 Å². The van der Waals surface area contributed by atoms with Gasteiger partial charge < -0.3 is 15.0 Å². The molecule has 1 unspecified atom stereocenters. The highest BCUT2D eigenvalue weighted by molar-refractivity contribution is 5.72. The van der Waals surface area contributed by atoms with E-state index in [1.807, 2.05) is 0 Å². The number of rotatable bonds is 3. The Kier molecular flexibility index (Phi) is 3.05. The van der Waals surface area contributed by atoms with Gasteiger partial charge in [-0.25, -0.2) is 0 Å². The normalized spacial score (nSPS) is 12.0. The minimum Gasteiger partial charge on any atom is -0.543 e. The van der Waals surface area contributed by atoms with Crippen LogP contribution in [0.2, 0.25) is 0 Å². The van der Waals surface area contributed by atoms with Crippen LogP contribution in [0, 0.1) is 0 Å². The average molecular weight is 229 g/mol. The molecule has 4 heteroatoms. The number of aliphatic carboxylic acids is 1. The number of phenolic OH excluding ortho intramolecular Hbond substituents is 1. The van der Waals surface area contributed by atoms with E-state index < -0.39 is 12.0 Å². The molecule has 0 spiro atoms. The molecule has 2 rings (SSSR count). The van der Waals surface area contributed by atoms with Crippen molar-refractivity contribution in [3.63, 3.8) is 0 Å². The lowest BCUT2D eigenvalue weighted by Gasteiger charge is -2.14. The third-order valence-corrected chi connectivity index (χ3v) is 2.49. The largest absolute Gasteiger partial charge is 0.543 e. The molecule has 17 heavy (non-hydrogen) atoms. The first-order valence-corrected chi connectivity index (χ1v) is 5.14. The summed E-state index contributed by atoms with van der Waals surface area (Å²) in [5.41, 5.74) is 0.309. The highest BCUT2D eigenvalue weighted by Crippen LogP contribution is 2.22. The molecular weight excluding hydrogens is 218 g/mol. The number of carbonyl (C=O) groups excluding carboxylic acids is 1. The van der Waals surface area contributed by atoms with Crippen LogP contribution in [0.15, 0.2) is 54.9 Å². The summed E-state index contributed by atoms with van der Waals surface area (Å²) < 4.78 is 1.48. The van der Waals surface area contributed by atoms with Gasteiger partial charge in [-0.2, -0.15) is 4.57 Å². The molecule has 4 nitrogen and oxygen atoms in total. The number of pyridine rings is 1. The Labute approximate surface area is 98.4 Å². The first kappa shape index (κ1) is 11.1. The number of carbonyl (C=O) groups is 1. The third kappa shape index (κ3) is 2.25. The van der Waals surface area contributed by atoms with E-state index >= 15 is 0 Å². The van der Waals surface area contributed by atoms with Gasteiger partial charge in [0.05, 0.1) is 5.56 Å². The molecule has 1 heterocycles. The quantitative estimate of drug-likeness (QED) is 0.754. The number of nitrogens with zero attached hydrogens (tertiary/aromatic N) is 1. The summed E-state index contributed by atoms with van der Waals surface area (Å²) in [6.45, 7) is 0. The Bertz CT molecular complexity index is 525. The van der Waals surface area contributed by atoms with Crippen LogP contribution in [-0.4, -0.2) is 11.1 Å². The van der Waals surface area contributed by atoms with Crippen LogP contribution in [0.1, 0.15) is 11.6 Å². The van der Waals surface area contributed by atoms with Crippen LogP contribution in [0.3, 0.4) is 0 Å². The fraction of sp³-hybridized carbons (Fsp3) is 0.0769. The first-order valence-electron chi connectivity index (χ1n) is 5.14. The topological polar surface area (TPSA) is 64.2 Å². The molecule has 0 aliphatic heterocycles. The summed E-state index contributed by atoms with van der Waals surface area (Å²) in [7, 11) is 0. The minimum absolute atomic E-state index is 0.0574. The lowest BCUT2D eigenvalue weighted by atomic mass is 10.1. The summed E-state index contributed by atoms with van der Waals surface area (Å²) in [4.78, 5) is 11.2. The van der Waals surface area contributed by atoms with E-state index in [1.165, 1.54) is 10.6 Å². The maximum absolute atomic E-state index is 11.2. The number of phenols is 1. The van der Waals surface area contributed by atoms with Crippen LogP contribution >= 0.6 is 0 Å². The Morgan fingerprint density at radius 1 is 1.12 bits per heavy atom. The van der Waals surface area contributed by atoms with Crippen molar-refractivity contribution in [2.75, 3.05) is 0 Å². The SMILES string of the molecule is O=C([O-])C(c1ccccc1O)[n+]1ccccc1. The molecule has 0 radical (unpaired) electrons. The zero-order chi connectivity index (χ0) is 12.3. The van der Waals surface area contributed by atoms with E-state index in [9.17, 15) is 15.0 Å². The molecule has 86 valence electrons. The number of hydrogen-bond donors (Lipinski definition) is 1. The van der Waals surface area contributed by atoms with E-state index in [-0.39, 0.29) is 5.75 Å². The second-order valence-electron chi connectivity index (χ2n) is 3.60. The van der Waals surface area contributed by atoms with Gasteiger partial charge in [0.1, 0.15) is 11.7 Å². The minimum atomic E-state index is -1.26. The Morgan fingerprint density at radius 3 is 2.35 bits per heavy atom. The molecule has 1 N–H and O–H groups in total. The van der Waals surface area contributed by atoms with Crippen LogP contribution in [-0.2, 0) is 4.79 Å². The molecule has 0 bridgehead atoms. The zero-order valence-electron chi connectivity index (χ0n) is 8.98. The van der Waals surface area contributed by atoms with Crippen LogP contribution in [0.25, 0.3) is 0 Å². The van der Waals surface area contributed by atoms with Gasteiger partial charge in [-0.3, -0.25) is 0 Å². The highest BCUT2D eigenvalue weighted by atomic mass is 16.4. The maximum Gasteiger partial charge on any atom is 0.226 e. The molecule has 0 amide bonds. The summed E-state index contributed by atoms with van der Waals surface area (Å²) >= 11 is 0. The number of benzene rings is 1. The Morgan fingerprint density at radius 2 is 1.76 bits per heavy atom. The second kappa shape index (κ2) is 4.65. The lowest BCUT2D eigenvalue weighted by molar-refractivity contribution is -0.707. The van der Waals surface area contributed by atoms with E-state index in [0.717, 1.165) is 0 Å². The summed E-state index contributed by atoms with van der Waals surface area (Å²) in [6, 6.07) is 10.5. The second-order valence-corrected chi connectivity index (χ2v) is 3.60. The molecule has 0 saturated heterocycles. The van der Waals surface area contributed by atoms with Gasteiger partial charge in [-0.1, -0.05) is 18.2 Å². The fourth-order valence-electron chi connectivity index (χ4n) is 1.71. The molecular formula is C13H11NO3. The molecule has 0 aliphatic carbocycles. The molecule has 0 aliphatic rings. The fourth-order valence-corrected chi connectivity index (χ4v) is 1.71. The maximum atomic E-state index is 11.2. The standard InChI is InChI=1S/C13H11NO3/c15-11-7-3-2-6-10(11)12(13(16)17)14-8-4-1-5-9-14/h1-9,12H,(H-,15,16,17). The van der Waals surface area contributed by atoms with Gasteiger partial charge in [-0.05, 0) is 12.1 Å². The van der Waals surface area contributed by atoms with E-state index in [2.05, 4.69) is 0 Å². The highest BCUT2D eigenvalue weighted by Gasteiger charge is 2.24. The van der Waals surface area contributed by atoms with Crippen molar-refractivity contribution >= 4 is 5.97 Å². The number of carboxylic acids is 1. The van der Waals surface area contributed by atoms with Crippen molar-refractivity contribution in [2.45, 2.75) is 6.04 Å². The zero-order valence-corrected chi connectivity index (χ0v) is 8.98. The van der Waals surface area contributed by atoms with Crippen molar-refractivity contribution in [3.8, 4) is 5.75 Å².